The Balaban J connectivity index is 1.42. The minimum Gasteiger partial charge on any atom is -0.484 e. The number of amides is 1. The van der Waals surface area contributed by atoms with Crippen LogP contribution in [0, 0.1) is 0 Å². The van der Waals surface area contributed by atoms with Gasteiger partial charge in [-0.3, -0.25) is 14.7 Å². The fourth-order valence-electron chi connectivity index (χ4n) is 3.09. The molecule has 0 aliphatic carbocycles. The molecule has 26 heavy (non-hydrogen) atoms. The average Bonchev–Trinajstić information content (AvgIpc) is 2.68. The van der Waals surface area contributed by atoms with Gasteiger partial charge in [-0.25, -0.2) is 0 Å². The molecule has 2 aromatic rings. The van der Waals surface area contributed by atoms with E-state index in [-0.39, 0.29) is 12.5 Å². The number of rotatable bonds is 6. The summed E-state index contributed by atoms with van der Waals surface area (Å²) in [6.07, 6.45) is 3.69. The monoisotopic (exact) mass is 353 g/mol. The van der Waals surface area contributed by atoms with E-state index in [0.717, 1.165) is 38.5 Å². The second-order valence-electron chi connectivity index (χ2n) is 7.03. The topological polar surface area (TPSA) is 45.7 Å². The molecule has 0 spiro atoms. The van der Waals surface area contributed by atoms with E-state index in [1.54, 1.807) is 6.20 Å². The normalized spacial score (nSPS) is 15.3. The molecule has 1 fully saturated rings. The molecule has 138 valence electrons. The molecular formula is C21H27N3O2. The Morgan fingerprint density at radius 3 is 2.46 bits per heavy atom. The Bertz CT molecular complexity index is 693. The molecule has 0 atom stereocenters. The highest BCUT2D eigenvalue weighted by Gasteiger charge is 2.21. The van der Waals surface area contributed by atoms with E-state index in [0.29, 0.717) is 5.92 Å². The zero-order valence-corrected chi connectivity index (χ0v) is 15.6. The van der Waals surface area contributed by atoms with E-state index < -0.39 is 0 Å². The molecule has 0 bridgehead atoms. The maximum absolute atomic E-state index is 12.4. The molecule has 1 amide bonds. The average molecular weight is 353 g/mol. The second-order valence-corrected chi connectivity index (χ2v) is 7.03. The number of carbonyl (C=O) groups excluding carboxylic acids is 1. The largest absolute Gasteiger partial charge is 0.484 e. The number of piperazine rings is 1. The highest BCUT2D eigenvalue weighted by atomic mass is 16.5. The fourth-order valence-corrected chi connectivity index (χ4v) is 3.09. The van der Waals surface area contributed by atoms with Gasteiger partial charge in [-0.1, -0.05) is 32.0 Å². The smallest absolute Gasteiger partial charge is 0.260 e. The van der Waals surface area contributed by atoms with Crippen molar-refractivity contribution in [3.05, 3.63) is 59.9 Å². The predicted octanol–water partition coefficient (Wildman–Crippen LogP) is 2.93. The third-order valence-electron chi connectivity index (χ3n) is 4.76. The number of carbonyl (C=O) groups is 1. The van der Waals surface area contributed by atoms with E-state index in [1.807, 2.05) is 29.3 Å². The number of hydrogen-bond donors (Lipinski definition) is 0. The highest BCUT2D eigenvalue weighted by Crippen LogP contribution is 2.18. The van der Waals surface area contributed by atoms with E-state index >= 15 is 0 Å². The van der Waals surface area contributed by atoms with Gasteiger partial charge in [0.05, 0.1) is 0 Å². The van der Waals surface area contributed by atoms with Crippen molar-refractivity contribution in [1.29, 1.82) is 0 Å². The highest BCUT2D eigenvalue weighted by molar-refractivity contribution is 5.77. The van der Waals surface area contributed by atoms with E-state index in [4.69, 9.17) is 4.74 Å². The summed E-state index contributed by atoms with van der Waals surface area (Å²) in [4.78, 5) is 20.8. The molecule has 1 aromatic heterocycles. The number of pyridine rings is 1. The second kappa shape index (κ2) is 8.81. The molecule has 1 aliphatic heterocycles. The lowest BCUT2D eigenvalue weighted by atomic mass is 10.0. The number of ether oxygens (including phenoxy) is 1. The van der Waals surface area contributed by atoms with Crippen LogP contribution >= 0.6 is 0 Å². The van der Waals surface area contributed by atoms with Crippen LogP contribution in [0.5, 0.6) is 5.75 Å². The summed E-state index contributed by atoms with van der Waals surface area (Å²) >= 11 is 0. The first kappa shape index (κ1) is 18.4. The Morgan fingerprint density at radius 1 is 1.12 bits per heavy atom. The van der Waals surface area contributed by atoms with Gasteiger partial charge < -0.3 is 9.64 Å². The Hall–Kier alpha value is -2.40. The van der Waals surface area contributed by atoms with Crippen molar-refractivity contribution in [1.82, 2.24) is 14.8 Å². The van der Waals surface area contributed by atoms with E-state index in [9.17, 15) is 4.79 Å². The molecule has 1 saturated heterocycles. The van der Waals surface area contributed by atoms with Crippen molar-refractivity contribution >= 4 is 5.91 Å². The standard InChI is InChI=1S/C21H27N3O2/c1-17(2)19-5-7-20(8-6-19)26-16-21(25)24-12-10-23(11-13-24)15-18-4-3-9-22-14-18/h3-9,14,17H,10-13,15-16H2,1-2H3. The van der Waals surface area contributed by atoms with E-state index in [1.165, 1.54) is 11.1 Å². The molecule has 0 unspecified atom stereocenters. The van der Waals surface area contributed by atoms with Crippen LogP contribution in [0.1, 0.15) is 30.9 Å². The number of hydrogen-bond acceptors (Lipinski definition) is 4. The van der Waals surface area contributed by atoms with E-state index in [2.05, 4.69) is 41.9 Å². The van der Waals surface area contributed by atoms with Crippen molar-refractivity contribution in [2.45, 2.75) is 26.3 Å². The van der Waals surface area contributed by atoms with Gasteiger partial charge in [-0.05, 0) is 35.2 Å². The third-order valence-corrected chi connectivity index (χ3v) is 4.76. The Morgan fingerprint density at radius 2 is 1.85 bits per heavy atom. The van der Waals surface area contributed by atoms with Gasteiger partial charge in [0.15, 0.2) is 6.61 Å². The van der Waals surface area contributed by atoms with Crippen LogP contribution in [-0.4, -0.2) is 53.5 Å². The van der Waals surface area contributed by atoms with Crippen LogP contribution in [0.25, 0.3) is 0 Å². The molecule has 5 nitrogen and oxygen atoms in total. The minimum atomic E-state index is 0.0546. The Labute approximate surface area is 155 Å². The molecule has 5 heteroatoms. The van der Waals surface area contributed by atoms with Crippen LogP contribution in [0.3, 0.4) is 0 Å². The molecule has 0 N–H and O–H groups in total. The third kappa shape index (κ3) is 5.05. The lowest BCUT2D eigenvalue weighted by molar-refractivity contribution is -0.135. The number of nitrogens with zero attached hydrogens (tertiary/aromatic N) is 3. The summed E-state index contributed by atoms with van der Waals surface area (Å²) in [7, 11) is 0. The maximum Gasteiger partial charge on any atom is 0.260 e. The van der Waals surface area contributed by atoms with Crippen molar-refractivity contribution in [3.8, 4) is 5.75 Å². The first-order valence-corrected chi connectivity index (χ1v) is 9.23. The lowest BCUT2D eigenvalue weighted by Crippen LogP contribution is -2.49. The van der Waals surface area contributed by atoms with Gasteiger partial charge in [0, 0.05) is 45.1 Å². The molecular weight excluding hydrogens is 326 g/mol. The summed E-state index contributed by atoms with van der Waals surface area (Å²) in [5.74, 6) is 1.30. The van der Waals surface area contributed by atoms with Crippen LogP contribution < -0.4 is 4.74 Å². The van der Waals surface area contributed by atoms with Gasteiger partial charge >= 0.3 is 0 Å². The van der Waals surface area contributed by atoms with Crippen molar-refractivity contribution < 1.29 is 9.53 Å². The number of aromatic nitrogens is 1. The zero-order chi connectivity index (χ0) is 18.4. The summed E-state index contributed by atoms with van der Waals surface area (Å²) in [6, 6.07) is 12.0. The summed E-state index contributed by atoms with van der Waals surface area (Å²) in [6.45, 7) is 8.55. The molecule has 0 saturated carbocycles. The SMILES string of the molecule is CC(C)c1ccc(OCC(=O)N2CCN(Cc3cccnc3)CC2)cc1. The zero-order valence-electron chi connectivity index (χ0n) is 15.6. The van der Waals surface area contributed by atoms with Gasteiger partial charge in [-0.2, -0.15) is 0 Å². The van der Waals surface area contributed by atoms with Gasteiger partial charge in [0.25, 0.3) is 5.91 Å². The summed E-state index contributed by atoms with van der Waals surface area (Å²) < 4.78 is 5.67. The predicted molar refractivity (Wildman–Crippen MR) is 102 cm³/mol. The molecule has 1 aliphatic rings. The number of benzene rings is 1. The summed E-state index contributed by atoms with van der Waals surface area (Å²) in [5, 5.41) is 0. The lowest BCUT2D eigenvalue weighted by Gasteiger charge is -2.34. The Kier molecular flexibility index (Phi) is 6.23. The van der Waals surface area contributed by atoms with Gasteiger partial charge in [-0.15, -0.1) is 0 Å². The summed E-state index contributed by atoms with van der Waals surface area (Å²) in [5.41, 5.74) is 2.48. The first-order valence-electron chi connectivity index (χ1n) is 9.23. The maximum atomic E-state index is 12.4. The van der Waals surface area contributed by atoms with Gasteiger partial charge in [0.2, 0.25) is 0 Å². The van der Waals surface area contributed by atoms with Crippen molar-refractivity contribution in [2.75, 3.05) is 32.8 Å². The van der Waals surface area contributed by atoms with Crippen LogP contribution in [0.15, 0.2) is 48.8 Å². The molecule has 2 heterocycles. The quantitative estimate of drug-likeness (QED) is 0.801. The molecule has 1 aromatic carbocycles. The van der Waals surface area contributed by atoms with Crippen molar-refractivity contribution in [3.63, 3.8) is 0 Å². The van der Waals surface area contributed by atoms with Crippen molar-refractivity contribution in [2.24, 2.45) is 0 Å². The molecule has 0 radical (unpaired) electrons. The minimum absolute atomic E-state index is 0.0546. The molecule has 3 rings (SSSR count). The fraction of sp³-hybridized carbons (Fsp3) is 0.429. The van der Waals surface area contributed by atoms with Gasteiger partial charge in [0.1, 0.15) is 5.75 Å². The van der Waals surface area contributed by atoms with Crippen LogP contribution in [-0.2, 0) is 11.3 Å². The van der Waals surface area contributed by atoms with Crippen LogP contribution in [0.2, 0.25) is 0 Å². The first-order chi connectivity index (χ1) is 12.6. The van der Waals surface area contributed by atoms with Crippen LogP contribution in [0.4, 0.5) is 0 Å².